The zero-order valence-electron chi connectivity index (χ0n) is 7.13. The van der Waals surface area contributed by atoms with E-state index in [-0.39, 0.29) is 6.61 Å². The van der Waals surface area contributed by atoms with Crippen molar-refractivity contribution in [3.63, 3.8) is 0 Å². The maximum atomic E-state index is 9.11. The zero-order valence-corrected chi connectivity index (χ0v) is 7.88. The van der Waals surface area contributed by atoms with Crippen LogP contribution in [0.5, 0.6) is 0 Å². The van der Waals surface area contributed by atoms with Crippen molar-refractivity contribution in [2.75, 3.05) is 6.61 Å². The normalized spacial score (nSPS) is 15.6. The standard InChI is InChI=1S/C10H13ClO/c1-2-10(11,8-12)9-6-4-3-5-7-9/h3-7,12H,2,8H2,1H3. The molecule has 1 nitrogen and oxygen atoms in total. The van der Waals surface area contributed by atoms with Crippen LogP contribution >= 0.6 is 11.6 Å². The smallest absolute Gasteiger partial charge is 0.0922 e. The number of halogens is 1. The molecule has 1 aromatic rings. The maximum Gasteiger partial charge on any atom is 0.0922 e. The molecule has 0 saturated carbocycles. The van der Waals surface area contributed by atoms with Gasteiger partial charge in [0, 0.05) is 0 Å². The van der Waals surface area contributed by atoms with E-state index in [0.717, 1.165) is 12.0 Å². The van der Waals surface area contributed by atoms with Gasteiger partial charge >= 0.3 is 0 Å². The van der Waals surface area contributed by atoms with Gasteiger partial charge in [-0.15, -0.1) is 11.6 Å². The highest BCUT2D eigenvalue weighted by Crippen LogP contribution is 2.31. The van der Waals surface area contributed by atoms with Crippen LogP contribution in [0.4, 0.5) is 0 Å². The zero-order chi connectivity index (χ0) is 9.03. The van der Waals surface area contributed by atoms with E-state index < -0.39 is 4.87 Å². The molecule has 66 valence electrons. The van der Waals surface area contributed by atoms with Crippen molar-refractivity contribution in [1.82, 2.24) is 0 Å². The van der Waals surface area contributed by atoms with Crippen LogP contribution in [0.15, 0.2) is 30.3 Å². The van der Waals surface area contributed by atoms with Crippen molar-refractivity contribution in [3.8, 4) is 0 Å². The predicted octanol–water partition coefficient (Wildman–Crippen LogP) is 2.52. The lowest BCUT2D eigenvalue weighted by molar-refractivity contribution is 0.241. The van der Waals surface area contributed by atoms with Gasteiger partial charge in [-0.3, -0.25) is 0 Å². The largest absolute Gasteiger partial charge is 0.394 e. The molecule has 0 fully saturated rings. The molecule has 1 atom stereocenters. The molecule has 1 unspecified atom stereocenters. The minimum atomic E-state index is -0.596. The Hall–Kier alpha value is -0.530. The minimum absolute atomic E-state index is 0.0188. The first-order valence-corrected chi connectivity index (χ1v) is 4.46. The number of hydrogen-bond donors (Lipinski definition) is 1. The Kier molecular flexibility index (Phi) is 3.12. The van der Waals surface area contributed by atoms with Crippen molar-refractivity contribution in [2.24, 2.45) is 0 Å². The summed E-state index contributed by atoms with van der Waals surface area (Å²) in [5, 5.41) is 9.11. The highest BCUT2D eigenvalue weighted by Gasteiger charge is 2.25. The molecular weight excluding hydrogens is 172 g/mol. The molecule has 0 bridgehead atoms. The van der Waals surface area contributed by atoms with Gasteiger partial charge in [-0.25, -0.2) is 0 Å². The third kappa shape index (κ3) is 1.79. The number of benzene rings is 1. The summed E-state index contributed by atoms with van der Waals surface area (Å²) in [7, 11) is 0. The van der Waals surface area contributed by atoms with Crippen molar-refractivity contribution in [2.45, 2.75) is 18.2 Å². The quantitative estimate of drug-likeness (QED) is 0.716. The van der Waals surface area contributed by atoms with E-state index in [1.807, 2.05) is 37.3 Å². The van der Waals surface area contributed by atoms with Gasteiger partial charge in [0.2, 0.25) is 0 Å². The summed E-state index contributed by atoms with van der Waals surface area (Å²) >= 11 is 6.18. The summed E-state index contributed by atoms with van der Waals surface area (Å²) < 4.78 is 0. The van der Waals surface area contributed by atoms with Gasteiger partial charge in [0.1, 0.15) is 0 Å². The van der Waals surface area contributed by atoms with E-state index >= 15 is 0 Å². The number of aliphatic hydroxyl groups excluding tert-OH is 1. The monoisotopic (exact) mass is 184 g/mol. The fraction of sp³-hybridized carbons (Fsp3) is 0.400. The van der Waals surface area contributed by atoms with Crippen LogP contribution in [0.3, 0.4) is 0 Å². The van der Waals surface area contributed by atoms with E-state index in [1.165, 1.54) is 0 Å². The third-order valence-corrected chi connectivity index (χ3v) is 2.71. The van der Waals surface area contributed by atoms with Crippen molar-refractivity contribution in [1.29, 1.82) is 0 Å². The molecule has 0 aromatic heterocycles. The van der Waals surface area contributed by atoms with E-state index in [9.17, 15) is 0 Å². The van der Waals surface area contributed by atoms with E-state index in [1.54, 1.807) is 0 Å². The molecule has 1 N–H and O–H groups in total. The fourth-order valence-corrected chi connectivity index (χ4v) is 1.27. The van der Waals surface area contributed by atoms with Crippen LogP contribution in [0, 0.1) is 0 Å². The molecule has 0 spiro atoms. The summed E-state index contributed by atoms with van der Waals surface area (Å²) in [6.07, 6.45) is 0.731. The van der Waals surface area contributed by atoms with Gasteiger partial charge in [-0.05, 0) is 12.0 Å². The van der Waals surface area contributed by atoms with Gasteiger partial charge in [-0.1, -0.05) is 37.3 Å². The molecule has 12 heavy (non-hydrogen) atoms. The van der Waals surface area contributed by atoms with Gasteiger partial charge in [0.25, 0.3) is 0 Å². The molecule has 0 saturated heterocycles. The van der Waals surface area contributed by atoms with Gasteiger partial charge in [0.05, 0.1) is 11.5 Å². The summed E-state index contributed by atoms with van der Waals surface area (Å²) in [6, 6.07) is 9.67. The average molecular weight is 185 g/mol. The summed E-state index contributed by atoms with van der Waals surface area (Å²) in [6.45, 7) is 1.95. The SMILES string of the molecule is CCC(Cl)(CO)c1ccccc1. The van der Waals surface area contributed by atoms with Gasteiger partial charge in [-0.2, -0.15) is 0 Å². The number of aliphatic hydroxyl groups is 1. The summed E-state index contributed by atoms with van der Waals surface area (Å²) in [4.78, 5) is -0.596. The van der Waals surface area contributed by atoms with Crippen LogP contribution < -0.4 is 0 Å². The fourth-order valence-electron chi connectivity index (χ4n) is 1.14. The second-order valence-electron chi connectivity index (χ2n) is 2.84. The maximum absolute atomic E-state index is 9.11. The minimum Gasteiger partial charge on any atom is -0.394 e. The van der Waals surface area contributed by atoms with Crippen molar-refractivity contribution < 1.29 is 5.11 Å². The van der Waals surface area contributed by atoms with Crippen LogP contribution in [0.2, 0.25) is 0 Å². The first kappa shape index (κ1) is 9.56. The Morgan fingerprint density at radius 3 is 2.33 bits per heavy atom. The molecule has 1 aromatic carbocycles. The molecule has 1 rings (SSSR count). The van der Waals surface area contributed by atoms with Crippen LogP contribution in [-0.4, -0.2) is 11.7 Å². The summed E-state index contributed by atoms with van der Waals surface area (Å²) in [5.74, 6) is 0. The first-order valence-electron chi connectivity index (χ1n) is 4.08. The van der Waals surface area contributed by atoms with Crippen LogP contribution in [-0.2, 0) is 4.87 Å². The van der Waals surface area contributed by atoms with E-state index in [2.05, 4.69) is 0 Å². The lowest BCUT2D eigenvalue weighted by atomic mass is 9.97. The number of hydrogen-bond acceptors (Lipinski definition) is 1. The van der Waals surface area contributed by atoms with Gasteiger partial charge in [0.15, 0.2) is 0 Å². The molecule has 2 heteroatoms. The molecule has 0 aliphatic rings. The predicted molar refractivity (Wildman–Crippen MR) is 51.3 cm³/mol. The summed E-state index contributed by atoms with van der Waals surface area (Å²) in [5.41, 5.74) is 0.983. The van der Waals surface area contributed by atoms with Gasteiger partial charge < -0.3 is 5.11 Å². The Balaban J connectivity index is 2.95. The molecule has 0 amide bonds. The van der Waals surface area contributed by atoms with E-state index in [0.29, 0.717) is 0 Å². The topological polar surface area (TPSA) is 20.2 Å². The molecule has 0 radical (unpaired) electrons. The highest BCUT2D eigenvalue weighted by atomic mass is 35.5. The molecule has 0 aliphatic heterocycles. The third-order valence-electron chi connectivity index (χ3n) is 2.10. The highest BCUT2D eigenvalue weighted by molar-refractivity contribution is 6.24. The Bertz CT molecular complexity index is 229. The molecule has 0 aliphatic carbocycles. The first-order chi connectivity index (χ1) is 5.73. The lowest BCUT2D eigenvalue weighted by Gasteiger charge is -2.23. The molecular formula is C10H13ClO. The van der Waals surface area contributed by atoms with Crippen LogP contribution in [0.25, 0.3) is 0 Å². The second kappa shape index (κ2) is 3.92. The van der Waals surface area contributed by atoms with Crippen LogP contribution in [0.1, 0.15) is 18.9 Å². The van der Waals surface area contributed by atoms with E-state index in [4.69, 9.17) is 16.7 Å². The Labute approximate surface area is 78.0 Å². The van der Waals surface area contributed by atoms with Crippen molar-refractivity contribution in [3.05, 3.63) is 35.9 Å². The van der Waals surface area contributed by atoms with Crippen molar-refractivity contribution >= 4 is 11.6 Å². The number of rotatable bonds is 3. The number of alkyl halides is 1. The lowest BCUT2D eigenvalue weighted by Crippen LogP contribution is -2.22. The Morgan fingerprint density at radius 1 is 1.33 bits per heavy atom. The molecule has 0 heterocycles. The second-order valence-corrected chi connectivity index (χ2v) is 3.57. The Morgan fingerprint density at radius 2 is 1.92 bits per heavy atom. The average Bonchev–Trinajstić information content (AvgIpc) is 2.18.